The molecule has 106 valence electrons. The summed E-state index contributed by atoms with van der Waals surface area (Å²) in [7, 11) is 0. The third kappa shape index (κ3) is 4.20. The first kappa shape index (κ1) is 15.3. The molecule has 1 unspecified atom stereocenters. The highest BCUT2D eigenvalue weighted by atomic mass is 35.5. The average molecular weight is 313 g/mol. The Bertz CT molecular complexity index is 594. The molecule has 2 rings (SSSR count). The van der Waals surface area contributed by atoms with Gasteiger partial charge in [0.25, 0.3) is 0 Å². The second-order valence-electron chi connectivity index (χ2n) is 5.23. The summed E-state index contributed by atoms with van der Waals surface area (Å²) in [6.45, 7) is 1.75. The van der Waals surface area contributed by atoms with Crippen LogP contribution in [0.1, 0.15) is 18.1 Å². The molecule has 0 fully saturated rings. The zero-order valence-electron chi connectivity index (χ0n) is 11.0. The van der Waals surface area contributed by atoms with E-state index in [1.807, 2.05) is 12.1 Å². The summed E-state index contributed by atoms with van der Waals surface area (Å²) < 4.78 is 13.1. The van der Waals surface area contributed by atoms with Crippen LogP contribution in [0.5, 0.6) is 0 Å². The smallest absolute Gasteiger partial charge is 0.141 e. The fraction of sp³-hybridized carbons (Fsp3) is 0.250. The maximum Gasteiger partial charge on any atom is 0.141 e. The van der Waals surface area contributed by atoms with Crippen molar-refractivity contribution in [3.8, 4) is 0 Å². The van der Waals surface area contributed by atoms with Gasteiger partial charge in [0.1, 0.15) is 5.82 Å². The van der Waals surface area contributed by atoms with E-state index >= 15 is 0 Å². The number of hydrogen-bond donors (Lipinski definition) is 1. The number of hydrogen-bond acceptors (Lipinski definition) is 1. The van der Waals surface area contributed by atoms with Crippen molar-refractivity contribution in [2.75, 3.05) is 0 Å². The van der Waals surface area contributed by atoms with Crippen molar-refractivity contribution in [2.24, 2.45) is 0 Å². The standard InChI is InChI=1S/C16H15Cl2FO/c1-16(20,9-11-2-5-13(17)6-3-11)10-12-4-7-15(19)14(18)8-12/h2-8,20H,9-10H2,1H3. The molecule has 1 N–H and O–H groups in total. The molecule has 20 heavy (non-hydrogen) atoms. The Morgan fingerprint density at radius 1 is 1.00 bits per heavy atom. The molecule has 0 heterocycles. The van der Waals surface area contributed by atoms with Crippen LogP contribution < -0.4 is 0 Å². The maximum absolute atomic E-state index is 13.1. The summed E-state index contributed by atoms with van der Waals surface area (Å²) in [6.07, 6.45) is 0.884. The minimum Gasteiger partial charge on any atom is -0.389 e. The van der Waals surface area contributed by atoms with Gasteiger partial charge in [0.2, 0.25) is 0 Å². The molecular weight excluding hydrogens is 298 g/mol. The topological polar surface area (TPSA) is 20.2 Å². The lowest BCUT2D eigenvalue weighted by atomic mass is 9.90. The number of halogens is 3. The number of rotatable bonds is 4. The summed E-state index contributed by atoms with van der Waals surface area (Å²) in [4.78, 5) is 0. The largest absolute Gasteiger partial charge is 0.389 e. The van der Waals surface area contributed by atoms with Gasteiger partial charge in [-0.15, -0.1) is 0 Å². The van der Waals surface area contributed by atoms with E-state index in [4.69, 9.17) is 23.2 Å². The van der Waals surface area contributed by atoms with Crippen LogP contribution in [0, 0.1) is 5.82 Å². The summed E-state index contributed by atoms with van der Waals surface area (Å²) in [5, 5.41) is 11.2. The Balaban J connectivity index is 2.09. The molecule has 0 aromatic heterocycles. The van der Waals surface area contributed by atoms with E-state index in [-0.39, 0.29) is 5.02 Å². The maximum atomic E-state index is 13.1. The van der Waals surface area contributed by atoms with Crippen molar-refractivity contribution < 1.29 is 9.50 Å². The highest BCUT2D eigenvalue weighted by molar-refractivity contribution is 6.31. The molecule has 0 spiro atoms. The van der Waals surface area contributed by atoms with Crippen molar-refractivity contribution in [1.29, 1.82) is 0 Å². The Labute approximate surface area is 128 Å². The van der Waals surface area contributed by atoms with Crippen molar-refractivity contribution in [1.82, 2.24) is 0 Å². The van der Waals surface area contributed by atoms with Gasteiger partial charge < -0.3 is 5.11 Å². The Kier molecular flexibility index (Phi) is 4.69. The van der Waals surface area contributed by atoms with Crippen LogP contribution in [0.3, 0.4) is 0 Å². The first-order valence-electron chi connectivity index (χ1n) is 6.26. The second-order valence-corrected chi connectivity index (χ2v) is 6.07. The molecule has 0 amide bonds. The van der Waals surface area contributed by atoms with Gasteiger partial charge in [-0.05, 0) is 42.3 Å². The van der Waals surface area contributed by atoms with E-state index in [0.29, 0.717) is 17.9 Å². The number of benzene rings is 2. The van der Waals surface area contributed by atoms with Crippen molar-refractivity contribution in [2.45, 2.75) is 25.4 Å². The second kappa shape index (κ2) is 6.13. The molecule has 0 radical (unpaired) electrons. The van der Waals surface area contributed by atoms with Gasteiger partial charge in [-0.3, -0.25) is 0 Å². The minimum atomic E-state index is -0.936. The zero-order chi connectivity index (χ0) is 14.8. The monoisotopic (exact) mass is 312 g/mol. The Hall–Kier alpha value is -1.09. The molecular formula is C16H15Cl2FO. The van der Waals surface area contributed by atoms with Gasteiger partial charge >= 0.3 is 0 Å². The molecule has 0 aliphatic carbocycles. The predicted molar refractivity (Wildman–Crippen MR) is 80.9 cm³/mol. The van der Waals surface area contributed by atoms with Crippen molar-refractivity contribution in [3.05, 3.63) is 69.5 Å². The van der Waals surface area contributed by atoms with Crippen LogP contribution in [0.25, 0.3) is 0 Å². The molecule has 4 heteroatoms. The van der Waals surface area contributed by atoms with Crippen LogP contribution in [-0.4, -0.2) is 10.7 Å². The summed E-state index contributed by atoms with van der Waals surface area (Å²) >= 11 is 11.6. The van der Waals surface area contributed by atoms with Crippen LogP contribution >= 0.6 is 23.2 Å². The quantitative estimate of drug-likeness (QED) is 0.870. The molecule has 0 aliphatic heterocycles. The summed E-state index contributed by atoms with van der Waals surface area (Å²) in [6, 6.07) is 11.9. The lowest BCUT2D eigenvalue weighted by Gasteiger charge is -2.23. The Morgan fingerprint density at radius 2 is 1.55 bits per heavy atom. The minimum absolute atomic E-state index is 0.0739. The molecule has 0 saturated heterocycles. The first-order chi connectivity index (χ1) is 9.35. The van der Waals surface area contributed by atoms with E-state index in [2.05, 4.69) is 0 Å². The fourth-order valence-corrected chi connectivity index (χ4v) is 2.52. The first-order valence-corrected chi connectivity index (χ1v) is 7.02. The third-order valence-electron chi connectivity index (χ3n) is 3.07. The molecule has 2 aromatic carbocycles. The molecule has 2 aromatic rings. The van der Waals surface area contributed by atoms with Gasteiger partial charge in [0.15, 0.2) is 0 Å². The molecule has 0 aliphatic rings. The van der Waals surface area contributed by atoms with Gasteiger partial charge in [0.05, 0.1) is 10.6 Å². The SMILES string of the molecule is CC(O)(Cc1ccc(Cl)cc1)Cc1ccc(F)c(Cl)c1. The summed E-state index contributed by atoms with van der Waals surface area (Å²) in [5.41, 5.74) is 0.859. The van der Waals surface area contributed by atoms with E-state index in [1.54, 1.807) is 31.2 Å². The average Bonchev–Trinajstić information content (AvgIpc) is 2.36. The van der Waals surface area contributed by atoms with E-state index in [1.165, 1.54) is 6.07 Å². The van der Waals surface area contributed by atoms with Crippen LogP contribution in [0.15, 0.2) is 42.5 Å². The molecule has 1 nitrogen and oxygen atoms in total. The normalized spacial score (nSPS) is 14.1. The van der Waals surface area contributed by atoms with E-state index in [0.717, 1.165) is 11.1 Å². The number of aliphatic hydroxyl groups is 1. The molecule has 0 saturated carbocycles. The van der Waals surface area contributed by atoms with Crippen molar-refractivity contribution >= 4 is 23.2 Å². The van der Waals surface area contributed by atoms with E-state index < -0.39 is 11.4 Å². The fourth-order valence-electron chi connectivity index (χ4n) is 2.19. The lowest BCUT2D eigenvalue weighted by Crippen LogP contribution is -2.30. The molecule has 1 atom stereocenters. The zero-order valence-corrected chi connectivity index (χ0v) is 12.5. The third-order valence-corrected chi connectivity index (χ3v) is 3.61. The van der Waals surface area contributed by atoms with Crippen LogP contribution in [0.2, 0.25) is 10.0 Å². The van der Waals surface area contributed by atoms with E-state index in [9.17, 15) is 9.50 Å². The van der Waals surface area contributed by atoms with Crippen molar-refractivity contribution in [3.63, 3.8) is 0 Å². The predicted octanol–water partition coefficient (Wildman–Crippen LogP) is 4.67. The Morgan fingerprint density at radius 3 is 2.15 bits per heavy atom. The highest BCUT2D eigenvalue weighted by Crippen LogP contribution is 2.23. The van der Waals surface area contributed by atoms with Gasteiger partial charge in [-0.25, -0.2) is 4.39 Å². The molecule has 0 bridgehead atoms. The van der Waals surface area contributed by atoms with Gasteiger partial charge in [0, 0.05) is 17.9 Å². The van der Waals surface area contributed by atoms with Gasteiger partial charge in [-0.1, -0.05) is 41.4 Å². The van der Waals surface area contributed by atoms with Crippen LogP contribution in [-0.2, 0) is 12.8 Å². The lowest BCUT2D eigenvalue weighted by molar-refractivity contribution is 0.0608. The van der Waals surface area contributed by atoms with Crippen LogP contribution in [0.4, 0.5) is 4.39 Å². The highest BCUT2D eigenvalue weighted by Gasteiger charge is 2.22. The summed E-state index contributed by atoms with van der Waals surface area (Å²) in [5.74, 6) is -0.451. The van der Waals surface area contributed by atoms with Gasteiger partial charge in [-0.2, -0.15) is 0 Å².